The number of rotatable bonds is 8. The lowest BCUT2D eigenvalue weighted by atomic mass is 10.0. The smallest absolute Gasteiger partial charge is 0.285 e. The van der Waals surface area contributed by atoms with Crippen LogP contribution in [0.25, 0.3) is 0 Å². The van der Waals surface area contributed by atoms with E-state index in [0.717, 1.165) is 23.3 Å². The molecule has 5 heteroatoms. The molecule has 0 saturated heterocycles. The number of nitrogens with zero attached hydrogens (tertiary/aromatic N) is 1. The molecule has 0 radical (unpaired) electrons. The summed E-state index contributed by atoms with van der Waals surface area (Å²) in [5.41, 5.74) is 0.959. The number of hydrogen-bond acceptors (Lipinski definition) is 2. The summed E-state index contributed by atoms with van der Waals surface area (Å²) in [6.07, 6.45) is 2.15. The molecule has 2 rings (SSSR count). The number of benzene rings is 1. The van der Waals surface area contributed by atoms with Gasteiger partial charge in [0.25, 0.3) is 11.8 Å². The van der Waals surface area contributed by atoms with Crippen molar-refractivity contribution in [3.05, 3.63) is 35.9 Å². The van der Waals surface area contributed by atoms with E-state index in [2.05, 4.69) is 5.32 Å². The van der Waals surface area contributed by atoms with Crippen LogP contribution in [-0.4, -0.2) is 49.4 Å². The molecule has 126 valence electrons. The van der Waals surface area contributed by atoms with Gasteiger partial charge in [-0.05, 0) is 26.7 Å². The minimum Gasteiger partial charge on any atom is -0.348 e. The van der Waals surface area contributed by atoms with Gasteiger partial charge in [-0.25, -0.2) is 0 Å². The summed E-state index contributed by atoms with van der Waals surface area (Å²) in [6, 6.07) is 9.76. The summed E-state index contributed by atoms with van der Waals surface area (Å²) in [4.78, 5) is 27.8. The van der Waals surface area contributed by atoms with E-state index in [0.29, 0.717) is 25.7 Å². The third-order valence-electron chi connectivity index (χ3n) is 4.33. The highest BCUT2D eigenvalue weighted by Crippen LogP contribution is 2.18. The Balaban J connectivity index is 2.14. The minimum absolute atomic E-state index is 0.0262. The first-order valence-electron chi connectivity index (χ1n) is 8.52. The van der Waals surface area contributed by atoms with Gasteiger partial charge in [-0.3, -0.25) is 9.59 Å². The number of hydrogen-bond donors (Lipinski definition) is 2. The van der Waals surface area contributed by atoms with E-state index in [1.807, 2.05) is 56.1 Å². The van der Waals surface area contributed by atoms with E-state index < -0.39 is 0 Å². The van der Waals surface area contributed by atoms with Gasteiger partial charge in [-0.1, -0.05) is 30.3 Å². The van der Waals surface area contributed by atoms with Crippen LogP contribution in [0.15, 0.2) is 30.3 Å². The van der Waals surface area contributed by atoms with Crippen molar-refractivity contribution in [3.8, 4) is 0 Å². The highest BCUT2D eigenvalue weighted by atomic mass is 16.2. The Kier molecular flexibility index (Phi) is 6.16. The van der Waals surface area contributed by atoms with E-state index in [4.69, 9.17) is 0 Å². The lowest BCUT2D eigenvalue weighted by Crippen LogP contribution is -3.11. The summed E-state index contributed by atoms with van der Waals surface area (Å²) < 4.78 is 0. The first kappa shape index (κ1) is 17.5. The maximum Gasteiger partial charge on any atom is 0.285 e. The number of carbonyl (C=O) groups excluding carboxylic acids is 2. The van der Waals surface area contributed by atoms with Crippen LogP contribution in [0.2, 0.25) is 0 Å². The van der Waals surface area contributed by atoms with Gasteiger partial charge in [-0.15, -0.1) is 0 Å². The fourth-order valence-corrected chi connectivity index (χ4v) is 2.86. The van der Waals surface area contributed by atoms with Crippen LogP contribution in [0, 0.1) is 0 Å². The molecule has 1 aromatic rings. The highest BCUT2D eigenvalue weighted by Gasteiger charge is 2.34. The van der Waals surface area contributed by atoms with E-state index in [1.54, 1.807) is 0 Å². The fraction of sp³-hybridized carbons (Fsp3) is 0.556. The molecule has 5 nitrogen and oxygen atoms in total. The normalized spacial score (nSPS) is 16.5. The summed E-state index contributed by atoms with van der Waals surface area (Å²) in [7, 11) is 1.92. The predicted octanol–water partition coefficient (Wildman–Crippen LogP) is 0.389. The van der Waals surface area contributed by atoms with Crippen molar-refractivity contribution in [3.63, 3.8) is 0 Å². The molecule has 1 aromatic carbocycles. The van der Waals surface area contributed by atoms with Crippen LogP contribution in [-0.2, 0) is 9.59 Å². The second-order valence-electron chi connectivity index (χ2n) is 6.22. The van der Waals surface area contributed by atoms with Crippen LogP contribution in [0.1, 0.15) is 38.3 Å². The molecule has 1 aliphatic carbocycles. The SMILES string of the molecule is CCN(CC)C(=O)[C@H](c1ccccc1)[NH+](C)CC(=O)NC1CC1. The van der Waals surface area contributed by atoms with Crippen molar-refractivity contribution < 1.29 is 14.5 Å². The monoisotopic (exact) mass is 318 g/mol. The average Bonchev–Trinajstić information content (AvgIpc) is 3.33. The number of likely N-dealkylation sites (N-methyl/N-ethyl adjacent to an activating group) is 2. The van der Waals surface area contributed by atoms with Gasteiger partial charge in [0.15, 0.2) is 12.6 Å². The minimum atomic E-state index is -0.346. The van der Waals surface area contributed by atoms with Crippen LogP contribution >= 0.6 is 0 Å². The maximum atomic E-state index is 12.9. The molecule has 0 spiro atoms. The van der Waals surface area contributed by atoms with Crippen molar-refractivity contribution in [2.45, 2.75) is 38.8 Å². The Morgan fingerprint density at radius 3 is 2.35 bits per heavy atom. The molecule has 2 amide bonds. The molecule has 2 atom stereocenters. The van der Waals surface area contributed by atoms with Crippen LogP contribution in [0.4, 0.5) is 0 Å². The largest absolute Gasteiger partial charge is 0.348 e. The van der Waals surface area contributed by atoms with Gasteiger partial charge in [0.1, 0.15) is 0 Å². The molecule has 0 heterocycles. The van der Waals surface area contributed by atoms with E-state index in [-0.39, 0.29) is 17.9 Å². The Morgan fingerprint density at radius 1 is 1.22 bits per heavy atom. The van der Waals surface area contributed by atoms with E-state index >= 15 is 0 Å². The fourth-order valence-electron chi connectivity index (χ4n) is 2.86. The lowest BCUT2D eigenvalue weighted by Gasteiger charge is -2.29. The van der Waals surface area contributed by atoms with Gasteiger partial charge in [0.05, 0.1) is 7.05 Å². The Labute approximate surface area is 138 Å². The van der Waals surface area contributed by atoms with Gasteiger partial charge in [0.2, 0.25) is 0 Å². The number of nitrogens with one attached hydrogen (secondary N) is 2. The van der Waals surface area contributed by atoms with Crippen molar-refractivity contribution in [1.82, 2.24) is 10.2 Å². The standard InChI is InChI=1S/C18H27N3O2/c1-4-21(5-2)18(23)17(14-9-7-6-8-10-14)20(3)13-16(22)19-15-11-12-15/h6-10,15,17H,4-5,11-13H2,1-3H3,(H,19,22)/p+1/t17-/m0/s1. The molecule has 1 unspecified atom stereocenters. The van der Waals surface area contributed by atoms with Crippen molar-refractivity contribution in [1.29, 1.82) is 0 Å². The lowest BCUT2D eigenvalue weighted by molar-refractivity contribution is -0.894. The molecule has 0 aromatic heterocycles. The van der Waals surface area contributed by atoms with Crippen LogP contribution < -0.4 is 10.2 Å². The highest BCUT2D eigenvalue weighted by molar-refractivity contribution is 5.82. The molecule has 1 fully saturated rings. The van der Waals surface area contributed by atoms with Crippen LogP contribution in [0.5, 0.6) is 0 Å². The number of carbonyl (C=O) groups is 2. The van der Waals surface area contributed by atoms with Crippen molar-refractivity contribution in [2.24, 2.45) is 0 Å². The molecule has 23 heavy (non-hydrogen) atoms. The Morgan fingerprint density at radius 2 is 1.83 bits per heavy atom. The van der Waals surface area contributed by atoms with Gasteiger partial charge >= 0.3 is 0 Å². The first-order chi connectivity index (χ1) is 11.1. The van der Waals surface area contributed by atoms with Crippen molar-refractivity contribution >= 4 is 11.8 Å². The third-order valence-corrected chi connectivity index (χ3v) is 4.33. The summed E-state index contributed by atoms with van der Waals surface area (Å²) >= 11 is 0. The molecule has 0 aliphatic heterocycles. The summed E-state index contributed by atoms with van der Waals surface area (Å²) in [5.74, 6) is 0.108. The van der Waals surface area contributed by atoms with Gasteiger partial charge < -0.3 is 15.1 Å². The second kappa shape index (κ2) is 8.11. The molecule has 1 saturated carbocycles. The third kappa shape index (κ3) is 4.79. The van der Waals surface area contributed by atoms with Crippen molar-refractivity contribution in [2.75, 3.05) is 26.7 Å². The molecule has 1 aliphatic rings. The zero-order valence-electron chi connectivity index (χ0n) is 14.3. The number of amides is 2. The quantitative estimate of drug-likeness (QED) is 0.728. The maximum absolute atomic E-state index is 12.9. The topological polar surface area (TPSA) is 53.9 Å². The zero-order valence-corrected chi connectivity index (χ0v) is 14.3. The second-order valence-corrected chi connectivity index (χ2v) is 6.22. The van der Waals surface area contributed by atoms with Gasteiger partial charge in [0, 0.05) is 24.7 Å². The summed E-state index contributed by atoms with van der Waals surface area (Å²) in [5, 5.41) is 3.00. The van der Waals surface area contributed by atoms with E-state index in [1.165, 1.54) is 0 Å². The molecular formula is C18H28N3O2+. The Hall–Kier alpha value is -1.88. The molecule has 0 bridgehead atoms. The van der Waals surface area contributed by atoms with E-state index in [9.17, 15) is 9.59 Å². The number of quaternary nitrogens is 1. The average molecular weight is 318 g/mol. The zero-order chi connectivity index (χ0) is 16.8. The molecule has 2 N–H and O–H groups in total. The first-order valence-corrected chi connectivity index (χ1v) is 8.52. The molecular weight excluding hydrogens is 290 g/mol. The van der Waals surface area contributed by atoms with Crippen LogP contribution in [0.3, 0.4) is 0 Å². The summed E-state index contributed by atoms with van der Waals surface area (Å²) in [6.45, 7) is 5.64. The van der Waals surface area contributed by atoms with Gasteiger partial charge in [-0.2, -0.15) is 0 Å². The predicted molar refractivity (Wildman–Crippen MR) is 90.0 cm³/mol. The Bertz CT molecular complexity index is 524.